The van der Waals surface area contributed by atoms with E-state index in [1.807, 2.05) is 42.5 Å². The molecule has 0 saturated carbocycles. The van der Waals surface area contributed by atoms with Crippen LogP contribution in [0.2, 0.25) is 0 Å². The average Bonchev–Trinajstić information content (AvgIpc) is 3.15. The van der Waals surface area contributed by atoms with Crippen molar-refractivity contribution < 1.29 is 23.8 Å². The molecule has 0 N–H and O–H groups in total. The average molecular weight is 312 g/mol. The van der Waals surface area contributed by atoms with Crippen molar-refractivity contribution in [1.82, 2.24) is 0 Å². The summed E-state index contributed by atoms with van der Waals surface area (Å²) in [7, 11) is 2.64. The number of benzene rings is 1. The first-order valence-electron chi connectivity index (χ1n) is 7.43. The van der Waals surface area contributed by atoms with Gasteiger partial charge in [-0.2, -0.15) is 0 Å². The Morgan fingerprint density at radius 2 is 1.91 bits per heavy atom. The first-order valence-corrected chi connectivity index (χ1v) is 7.43. The first kappa shape index (κ1) is 14.2. The first-order chi connectivity index (χ1) is 11.1. The maximum Gasteiger partial charge on any atom is 0.320 e. The van der Waals surface area contributed by atoms with Gasteiger partial charge >= 0.3 is 11.9 Å². The van der Waals surface area contributed by atoms with Crippen molar-refractivity contribution in [2.45, 2.75) is 11.7 Å². The molecule has 2 bridgehead atoms. The monoisotopic (exact) mass is 312 g/mol. The molecule has 0 amide bonds. The minimum atomic E-state index is -1.25. The lowest BCUT2D eigenvalue weighted by Crippen LogP contribution is -2.54. The maximum absolute atomic E-state index is 12.8. The predicted octanol–water partition coefficient (Wildman–Crippen LogP) is 1.83. The summed E-state index contributed by atoms with van der Waals surface area (Å²) in [6.07, 6.45) is 6.78. The Balaban J connectivity index is 2.02. The van der Waals surface area contributed by atoms with Gasteiger partial charge in [-0.3, -0.25) is 9.59 Å². The van der Waals surface area contributed by atoms with Gasteiger partial charge in [0, 0.05) is 0 Å². The van der Waals surface area contributed by atoms with Gasteiger partial charge in [0.2, 0.25) is 0 Å². The van der Waals surface area contributed by atoms with Crippen molar-refractivity contribution in [2.24, 2.45) is 11.3 Å². The van der Waals surface area contributed by atoms with Crippen LogP contribution in [0.15, 0.2) is 42.5 Å². The van der Waals surface area contributed by atoms with Crippen LogP contribution in [0.4, 0.5) is 0 Å². The van der Waals surface area contributed by atoms with Crippen LogP contribution in [0.25, 0.3) is 6.08 Å². The molecule has 1 aromatic carbocycles. The zero-order valence-electron chi connectivity index (χ0n) is 12.8. The standard InChI is InChI=1S/C18H16O5/c1-21-15(19)14-13-8-10-18(23-13)12-6-4-3-5-11(12)7-9-17(14,18)16(20)22-2/h3-10,13-14H,1-2H3/t13-,14-,17-,18-/m1/s1. The van der Waals surface area contributed by atoms with E-state index < -0.39 is 35.0 Å². The highest BCUT2D eigenvalue weighted by atomic mass is 16.6. The molecule has 2 heterocycles. The van der Waals surface area contributed by atoms with Crippen molar-refractivity contribution in [1.29, 1.82) is 0 Å². The highest BCUT2D eigenvalue weighted by Crippen LogP contribution is 2.64. The largest absolute Gasteiger partial charge is 0.469 e. The van der Waals surface area contributed by atoms with Crippen molar-refractivity contribution in [3.05, 3.63) is 53.6 Å². The normalized spacial score (nSPS) is 35.6. The summed E-state index contributed by atoms with van der Waals surface area (Å²) in [5, 5.41) is 0. The predicted molar refractivity (Wildman–Crippen MR) is 81.1 cm³/mol. The van der Waals surface area contributed by atoms with E-state index >= 15 is 0 Å². The van der Waals surface area contributed by atoms with Gasteiger partial charge < -0.3 is 14.2 Å². The third kappa shape index (κ3) is 1.45. The molecule has 0 radical (unpaired) electrons. The number of methoxy groups -OCH3 is 2. The lowest BCUT2D eigenvalue weighted by Gasteiger charge is -2.43. The zero-order valence-corrected chi connectivity index (χ0v) is 12.8. The number of esters is 2. The van der Waals surface area contributed by atoms with Gasteiger partial charge in [-0.1, -0.05) is 42.5 Å². The summed E-state index contributed by atoms with van der Waals surface area (Å²) in [6.45, 7) is 0. The number of rotatable bonds is 2. The van der Waals surface area contributed by atoms with E-state index in [-0.39, 0.29) is 0 Å². The molecule has 23 heavy (non-hydrogen) atoms. The van der Waals surface area contributed by atoms with Crippen LogP contribution in [0.1, 0.15) is 11.1 Å². The van der Waals surface area contributed by atoms with E-state index in [1.54, 1.807) is 6.08 Å². The fourth-order valence-electron chi connectivity index (χ4n) is 4.20. The smallest absolute Gasteiger partial charge is 0.320 e. The summed E-state index contributed by atoms with van der Waals surface area (Å²) < 4.78 is 16.2. The maximum atomic E-state index is 12.8. The summed E-state index contributed by atoms with van der Waals surface area (Å²) >= 11 is 0. The number of carbonyl (C=O) groups is 2. The third-order valence-electron chi connectivity index (χ3n) is 5.14. The molecule has 1 fully saturated rings. The summed E-state index contributed by atoms with van der Waals surface area (Å²) in [4.78, 5) is 25.2. The molecule has 0 unspecified atom stereocenters. The molecule has 0 aromatic heterocycles. The lowest BCUT2D eigenvalue weighted by atomic mass is 9.57. The number of hydrogen-bond acceptors (Lipinski definition) is 5. The summed E-state index contributed by atoms with van der Waals surface area (Å²) in [5.41, 5.74) is -0.460. The summed E-state index contributed by atoms with van der Waals surface area (Å²) in [5.74, 6) is -1.74. The van der Waals surface area contributed by atoms with E-state index in [0.29, 0.717) is 0 Å². The van der Waals surface area contributed by atoms with Crippen molar-refractivity contribution >= 4 is 18.0 Å². The number of fused-ring (bicyclic) bond motifs is 2. The minimum Gasteiger partial charge on any atom is -0.469 e. The Morgan fingerprint density at radius 1 is 1.13 bits per heavy atom. The minimum absolute atomic E-state index is 0.476. The number of hydrogen-bond donors (Lipinski definition) is 0. The third-order valence-corrected chi connectivity index (χ3v) is 5.14. The van der Waals surface area contributed by atoms with Gasteiger partial charge in [0.05, 0.1) is 20.3 Å². The second-order valence-corrected chi connectivity index (χ2v) is 5.96. The molecule has 118 valence electrons. The topological polar surface area (TPSA) is 61.8 Å². The van der Waals surface area contributed by atoms with E-state index in [2.05, 4.69) is 0 Å². The van der Waals surface area contributed by atoms with Crippen LogP contribution in [-0.4, -0.2) is 32.3 Å². The Kier molecular flexibility index (Phi) is 2.81. The molecule has 1 saturated heterocycles. The highest BCUT2D eigenvalue weighted by Gasteiger charge is 2.74. The van der Waals surface area contributed by atoms with E-state index in [1.165, 1.54) is 14.2 Å². The van der Waals surface area contributed by atoms with Crippen LogP contribution in [0.5, 0.6) is 0 Å². The van der Waals surface area contributed by atoms with Crippen molar-refractivity contribution in [3.63, 3.8) is 0 Å². The van der Waals surface area contributed by atoms with E-state index in [4.69, 9.17) is 14.2 Å². The SMILES string of the molecule is COC(=O)[C@H]1[C@H]2C=C[C@@]3(O2)c2ccccc2C=C[C@]13C(=O)OC. The molecular formula is C18H16O5. The van der Waals surface area contributed by atoms with Gasteiger partial charge in [0.15, 0.2) is 0 Å². The molecule has 1 spiro atoms. The van der Waals surface area contributed by atoms with Crippen LogP contribution < -0.4 is 0 Å². The fraction of sp³-hybridized carbons (Fsp3) is 0.333. The molecule has 5 heteroatoms. The van der Waals surface area contributed by atoms with Crippen molar-refractivity contribution in [3.8, 4) is 0 Å². The Morgan fingerprint density at radius 3 is 2.65 bits per heavy atom. The lowest BCUT2D eigenvalue weighted by molar-refractivity contribution is -0.165. The summed E-state index contributed by atoms with van der Waals surface area (Å²) in [6, 6.07) is 7.69. The van der Waals surface area contributed by atoms with Gasteiger partial charge in [0.1, 0.15) is 16.9 Å². The molecular weight excluding hydrogens is 296 g/mol. The Bertz CT molecular complexity index is 764. The Labute approximate surface area is 133 Å². The molecule has 4 rings (SSSR count). The van der Waals surface area contributed by atoms with Gasteiger partial charge in [-0.15, -0.1) is 0 Å². The van der Waals surface area contributed by atoms with Gasteiger partial charge in [0.25, 0.3) is 0 Å². The fourth-order valence-corrected chi connectivity index (χ4v) is 4.20. The second-order valence-electron chi connectivity index (χ2n) is 5.96. The molecule has 1 aliphatic carbocycles. The van der Waals surface area contributed by atoms with Crippen LogP contribution in [0.3, 0.4) is 0 Å². The van der Waals surface area contributed by atoms with Crippen LogP contribution >= 0.6 is 0 Å². The van der Waals surface area contributed by atoms with Crippen LogP contribution in [0, 0.1) is 11.3 Å². The van der Waals surface area contributed by atoms with Gasteiger partial charge in [-0.25, -0.2) is 0 Å². The molecule has 3 aliphatic rings. The second kappa shape index (κ2) is 4.55. The van der Waals surface area contributed by atoms with E-state index in [9.17, 15) is 9.59 Å². The molecule has 4 atom stereocenters. The molecule has 5 nitrogen and oxygen atoms in total. The van der Waals surface area contributed by atoms with Gasteiger partial charge in [-0.05, 0) is 17.2 Å². The molecule has 2 aliphatic heterocycles. The Hall–Kier alpha value is -2.40. The highest BCUT2D eigenvalue weighted by molar-refractivity contribution is 5.94. The number of ether oxygens (including phenoxy) is 3. The zero-order chi connectivity index (χ0) is 16.2. The quantitative estimate of drug-likeness (QED) is 0.616. The van der Waals surface area contributed by atoms with Crippen molar-refractivity contribution in [2.75, 3.05) is 14.2 Å². The van der Waals surface area contributed by atoms with E-state index in [0.717, 1.165) is 11.1 Å². The number of carbonyl (C=O) groups excluding carboxylic acids is 2. The molecule has 1 aromatic rings. The van der Waals surface area contributed by atoms with Crippen LogP contribution in [-0.2, 0) is 29.4 Å².